The van der Waals surface area contributed by atoms with Crippen molar-refractivity contribution < 1.29 is 48.3 Å². The van der Waals surface area contributed by atoms with E-state index >= 15 is 0 Å². The molecule has 4 rings (SSSR count). The molecule has 2 N–H and O–H groups in total. The van der Waals surface area contributed by atoms with Crippen LogP contribution in [0.25, 0.3) is 0 Å². The average Bonchev–Trinajstić information content (AvgIpc) is 3.17. The van der Waals surface area contributed by atoms with Crippen molar-refractivity contribution in [2.75, 3.05) is 7.11 Å². The highest BCUT2D eigenvalue weighted by atomic mass is 16.6. The van der Waals surface area contributed by atoms with Crippen molar-refractivity contribution in [2.24, 2.45) is 16.7 Å². The van der Waals surface area contributed by atoms with Gasteiger partial charge in [-0.25, -0.2) is 9.59 Å². The number of rotatable bonds is 3. The maximum atomic E-state index is 13.0. The Labute approximate surface area is 190 Å². The van der Waals surface area contributed by atoms with E-state index in [2.05, 4.69) is 0 Å². The topological polar surface area (TPSA) is 146 Å². The van der Waals surface area contributed by atoms with Gasteiger partial charge in [0.1, 0.15) is 17.8 Å². The van der Waals surface area contributed by atoms with Gasteiger partial charge in [-0.15, -0.1) is 0 Å². The fourth-order valence-corrected chi connectivity index (χ4v) is 6.63. The number of aliphatic hydroxyl groups is 2. The van der Waals surface area contributed by atoms with Gasteiger partial charge >= 0.3 is 23.9 Å². The molecule has 0 bridgehead atoms. The Morgan fingerprint density at radius 3 is 2.39 bits per heavy atom. The molecule has 33 heavy (non-hydrogen) atoms. The smallest absolute Gasteiger partial charge is 0.334 e. The number of aliphatic hydroxyl groups excluding tert-OH is 1. The van der Waals surface area contributed by atoms with Crippen LogP contribution < -0.4 is 0 Å². The van der Waals surface area contributed by atoms with E-state index < -0.39 is 64.7 Å². The number of carbonyl (C=O) groups excluding carboxylic acids is 4. The molecule has 0 amide bonds. The predicted molar refractivity (Wildman–Crippen MR) is 109 cm³/mol. The lowest BCUT2D eigenvalue weighted by Gasteiger charge is -2.55. The number of carbonyl (C=O) groups is 4. The summed E-state index contributed by atoms with van der Waals surface area (Å²) in [7, 11) is 1.22. The van der Waals surface area contributed by atoms with Gasteiger partial charge in [0.25, 0.3) is 0 Å². The van der Waals surface area contributed by atoms with Crippen molar-refractivity contribution in [1.82, 2.24) is 0 Å². The van der Waals surface area contributed by atoms with E-state index in [0.29, 0.717) is 18.4 Å². The maximum Gasteiger partial charge on any atom is 0.334 e. The Balaban J connectivity index is 2.01. The highest BCUT2D eigenvalue weighted by molar-refractivity contribution is 5.92. The Kier molecular flexibility index (Phi) is 5.25. The molecule has 7 atom stereocenters. The molecule has 2 fully saturated rings. The molecular weight excluding hydrogens is 436 g/mol. The van der Waals surface area contributed by atoms with Gasteiger partial charge in [0.2, 0.25) is 6.29 Å². The summed E-state index contributed by atoms with van der Waals surface area (Å²) >= 11 is 0. The minimum absolute atomic E-state index is 0.0221. The monoisotopic (exact) mass is 464 g/mol. The summed E-state index contributed by atoms with van der Waals surface area (Å²) in [6, 6.07) is 0. The molecule has 0 spiro atoms. The zero-order valence-electron chi connectivity index (χ0n) is 19.2. The zero-order chi connectivity index (χ0) is 24.5. The van der Waals surface area contributed by atoms with Crippen molar-refractivity contribution in [1.29, 1.82) is 0 Å². The van der Waals surface area contributed by atoms with Gasteiger partial charge in [-0.3, -0.25) is 9.59 Å². The first-order chi connectivity index (χ1) is 15.3. The molecule has 10 nitrogen and oxygen atoms in total. The summed E-state index contributed by atoms with van der Waals surface area (Å²) in [5.74, 6) is -3.86. The Morgan fingerprint density at radius 1 is 1.18 bits per heavy atom. The molecule has 180 valence electrons. The first kappa shape index (κ1) is 23.4. The number of hydrogen-bond donors (Lipinski definition) is 2. The lowest BCUT2D eigenvalue weighted by Crippen LogP contribution is -2.67. The van der Waals surface area contributed by atoms with E-state index in [9.17, 15) is 29.4 Å². The van der Waals surface area contributed by atoms with Crippen LogP contribution in [0.3, 0.4) is 0 Å². The van der Waals surface area contributed by atoms with Crippen molar-refractivity contribution in [3.8, 4) is 0 Å². The SMILES string of the molecule is COC(=O)[C@]1(C)CCC[C@@]2(C)C3=C(C)C(=O)O[C@@H](C4=CC(=O)OC4O)[C@@H]3[C@@H](OC(C)=O)[C@]12O. The van der Waals surface area contributed by atoms with Crippen LogP contribution >= 0.6 is 0 Å². The Hall–Kier alpha value is -2.72. The fourth-order valence-electron chi connectivity index (χ4n) is 6.63. The van der Waals surface area contributed by atoms with Crippen molar-refractivity contribution in [3.05, 3.63) is 22.8 Å². The number of methoxy groups -OCH3 is 1. The van der Waals surface area contributed by atoms with E-state index in [4.69, 9.17) is 18.9 Å². The Bertz CT molecular complexity index is 1010. The normalized spacial score (nSPS) is 42.1. The number of hydrogen-bond acceptors (Lipinski definition) is 10. The van der Waals surface area contributed by atoms with Crippen molar-refractivity contribution in [2.45, 2.75) is 71.1 Å². The van der Waals surface area contributed by atoms with Crippen LogP contribution in [0, 0.1) is 16.7 Å². The van der Waals surface area contributed by atoms with Crippen LogP contribution in [-0.2, 0) is 38.1 Å². The molecule has 0 radical (unpaired) electrons. The highest BCUT2D eigenvalue weighted by Gasteiger charge is 2.78. The lowest BCUT2D eigenvalue weighted by atomic mass is 9.52. The van der Waals surface area contributed by atoms with Crippen LogP contribution in [0.4, 0.5) is 0 Å². The largest absolute Gasteiger partial charge is 0.469 e. The molecule has 0 aromatic heterocycles. The third kappa shape index (κ3) is 2.86. The summed E-state index contributed by atoms with van der Waals surface area (Å²) in [6.45, 7) is 6.02. The van der Waals surface area contributed by atoms with Gasteiger partial charge in [-0.05, 0) is 32.3 Å². The van der Waals surface area contributed by atoms with Gasteiger partial charge in [0, 0.05) is 29.6 Å². The van der Waals surface area contributed by atoms with Gasteiger partial charge < -0.3 is 29.2 Å². The lowest BCUT2D eigenvalue weighted by molar-refractivity contribution is -0.234. The molecule has 0 aromatic carbocycles. The molecule has 2 heterocycles. The molecule has 2 aliphatic heterocycles. The van der Waals surface area contributed by atoms with Gasteiger partial charge in [-0.2, -0.15) is 0 Å². The average molecular weight is 464 g/mol. The second-order valence-electron chi connectivity index (χ2n) is 9.63. The number of esters is 4. The second-order valence-corrected chi connectivity index (χ2v) is 9.63. The first-order valence-electron chi connectivity index (χ1n) is 10.8. The quantitative estimate of drug-likeness (QED) is 0.452. The molecule has 0 saturated heterocycles. The predicted octanol–water partition coefficient (Wildman–Crippen LogP) is 0.692. The second kappa shape index (κ2) is 7.39. The van der Waals surface area contributed by atoms with Crippen LogP contribution in [-0.4, -0.2) is 65.3 Å². The number of cyclic esters (lactones) is 2. The standard InChI is InChI=1S/C23H28O10/c1-10-15-14(16(33-18(10)26)12-9-13(25)32-19(12)27)17(31-11(2)24)23(29)21(15,3)7-6-8-22(23,4)20(28)30-5/h9,14,16-17,19,27,29H,6-8H2,1-5H3/t14-,16+,17-,19?,21+,22+,23-/m1/s1. The summed E-state index contributed by atoms with van der Waals surface area (Å²) < 4.78 is 21.1. The van der Waals surface area contributed by atoms with E-state index in [1.54, 1.807) is 20.8 Å². The van der Waals surface area contributed by atoms with E-state index in [1.165, 1.54) is 14.0 Å². The van der Waals surface area contributed by atoms with E-state index in [1.807, 2.05) is 0 Å². The van der Waals surface area contributed by atoms with Gasteiger partial charge in [0.05, 0.1) is 18.4 Å². The maximum absolute atomic E-state index is 13.0. The van der Waals surface area contributed by atoms with Crippen LogP contribution in [0.5, 0.6) is 0 Å². The van der Waals surface area contributed by atoms with E-state index in [-0.39, 0.29) is 17.6 Å². The van der Waals surface area contributed by atoms with Crippen LogP contribution in [0.2, 0.25) is 0 Å². The molecule has 4 aliphatic rings. The molecular formula is C23H28O10. The van der Waals surface area contributed by atoms with Crippen LogP contribution in [0.15, 0.2) is 22.8 Å². The molecule has 1 unspecified atom stereocenters. The molecule has 2 saturated carbocycles. The summed E-state index contributed by atoms with van der Waals surface area (Å²) in [5.41, 5.74) is -3.95. The molecule has 10 heteroatoms. The number of ether oxygens (including phenoxy) is 4. The highest BCUT2D eigenvalue weighted by Crippen LogP contribution is 2.69. The Morgan fingerprint density at radius 2 is 1.85 bits per heavy atom. The first-order valence-corrected chi connectivity index (χ1v) is 10.8. The summed E-state index contributed by atoms with van der Waals surface area (Å²) in [4.78, 5) is 50.0. The molecule has 2 aliphatic carbocycles. The third-order valence-electron chi connectivity index (χ3n) is 8.03. The van der Waals surface area contributed by atoms with Crippen LogP contribution in [0.1, 0.15) is 47.0 Å². The minimum atomic E-state index is -1.97. The van der Waals surface area contributed by atoms with Crippen molar-refractivity contribution in [3.63, 3.8) is 0 Å². The fraction of sp³-hybridized carbons (Fsp3) is 0.652. The number of fused-ring (bicyclic) bond motifs is 3. The zero-order valence-corrected chi connectivity index (χ0v) is 19.2. The van der Waals surface area contributed by atoms with Gasteiger partial charge in [-0.1, -0.05) is 13.3 Å². The summed E-state index contributed by atoms with van der Waals surface area (Å²) in [5, 5.41) is 22.8. The molecule has 0 aromatic rings. The summed E-state index contributed by atoms with van der Waals surface area (Å²) in [6.07, 6.45) is -2.03. The third-order valence-corrected chi connectivity index (χ3v) is 8.03. The minimum Gasteiger partial charge on any atom is -0.469 e. The van der Waals surface area contributed by atoms with E-state index in [0.717, 1.165) is 6.08 Å². The van der Waals surface area contributed by atoms with Crippen molar-refractivity contribution >= 4 is 23.9 Å². The van der Waals surface area contributed by atoms with Gasteiger partial charge in [0.15, 0.2) is 0 Å².